The molecule has 4 saturated carbocycles. The molecule has 0 heterocycles. The Morgan fingerprint density at radius 3 is 2.12 bits per heavy atom. The Morgan fingerprint density at radius 2 is 1.71 bits per heavy atom. The molecule has 4 rings (SSSR count). The monoisotopic (exact) mass is 350 g/mol. The average molecular weight is 350 g/mol. The minimum Gasteiger partial charge on any atom is -0.462 e. The van der Waals surface area contributed by atoms with Gasteiger partial charge >= 0.3 is 12.1 Å². The van der Waals surface area contributed by atoms with Crippen LogP contribution in [0.3, 0.4) is 0 Å². The lowest BCUT2D eigenvalue weighted by Crippen LogP contribution is -2.65. The number of ether oxygens (including phenoxy) is 1. The van der Waals surface area contributed by atoms with E-state index < -0.39 is 41.8 Å². The van der Waals surface area contributed by atoms with E-state index in [2.05, 4.69) is 0 Å². The standard InChI is InChI=1S/C17H25F3O4/c1-3-14(2,17(18,19)20)13(21)24-9-16(23)11-4-10-5-12(16)8-15(22,6-10)7-11/h10-12,22-23H,3-9H2,1-2H3. The fourth-order valence-electron chi connectivity index (χ4n) is 5.07. The zero-order chi connectivity index (χ0) is 18.0. The summed E-state index contributed by atoms with van der Waals surface area (Å²) in [6.07, 6.45) is -2.05. The number of esters is 1. The Labute approximate surface area is 139 Å². The highest BCUT2D eigenvalue weighted by atomic mass is 19.4. The summed E-state index contributed by atoms with van der Waals surface area (Å²) < 4.78 is 44.5. The largest absolute Gasteiger partial charge is 0.462 e. The summed E-state index contributed by atoms with van der Waals surface area (Å²) >= 11 is 0. The van der Waals surface area contributed by atoms with Crippen molar-refractivity contribution in [2.75, 3.05) is 6.61 Å². The van der Waals surface area contributed by atoms with Crippen molar-refractivity contribution < 1.29 is 32.9 Å². The number of aliphatic hydroxyl groups is 2. The second-order valence-electron chi connectivity index (χ2n) is 8.32. The zero-order valence-electron chi connectivity index (χ0n) is 14.0. The molecule has 4 aliphatic carbocycles. The number of carbonyl (C=O) groups excluding carboxylic acids is 1. The maximum absolute atomic E-state index is 13.2. The highest BCUT2D eigenvalue weighted by Gasteiger charge is 2.63. The Hall–Kier alpha value is -0.820. The molecule has 138 valence electrons. The van der Waals surface area contributed by atoms with Crippen molar-refractivity contribution in [1.82, 2.24) is 0 Å². The molecule has 7 heteroatoms. The van der Waals surface area contributed by atoms with Crippen LogP contribution in [-0.2, 0) is 9.53 Å². The van der Waals surface area contributed by atoms with E-state index in [4.69, 9.17) is 4.74 Å². The molecule has 0 aromatic carbocycles. The Morgan fingerprint density at radius 1 is 1.17 bits per heavy atom. The predicted octanol–water partition coefficient (Wildman–Crippen LogP) is 2.81. The van der Waals surface area contributed by atoms with Gasteiger partial charge in [0.05, 0.1) is 5.60 Å². The molecule has 0 spiro atoms. The third-order valence-electron chi connectivity index (χ3n) is 6.79. The zero-order valence-corrected chi connectivity index (χ0v) is 14.0. The first-order valence-electron chi connectivity index (χ1n) is 8.62. The summed E-state index contributed by atoms with van der Waals surface area (Å²) in [7, 11) is 0. The Bertz CT molecular complexity index is 516. The van der Waals surface area contributed by atoms with Gasteiger partial charge in [0, 0.05) is 0 Å². The van der Waals surface area contributed by atoms with E-state index in [-0.39, 0.29) is 11.8 Å². The van der Waals surface area contributed by atoms with Gasteiger partial charge in [-0.3, -0.25) is 4.79 Å². The van der Waals surface area contributed by atoms with Crippen LogP contribution in [-0.4, -0.2) is 40.2 Å². The summed E-state index contributed by atoms with van der Waals surface area (Å²) in [6.45, 7) is 1.70. The van der Waals surface area contributed by atoms with Crippen LogP contribution in [0, 0.1) is 23.2 Å². The maximum atomic E-state index is 13.2. The van der Waals surface area contributed by atoms with Crippen molar-refractivity contribution in [3.8, 4) is 0 Å². The molecular weight excluding hydrogens is 325 g/mol. The number of halogens is 3. The molecule has 0 saturated heterocycles. The summed E-state index contributed by atoms with van der Waals surface area (Å²) in [6, 6.07) is 0. The number of alkyl halides is 3. The van der Waals surface area contributed by atoms with E-state index in [0.29, 0.717) is 18.8 Å². The number of hydrogen-bond acceptors (Lipinski definition) is 4. The number of hydrogen-bond donors (Lipinski definition) is 2. The molecule has 0 amide bonds. The third-order valence-corrected chi connectivity index (χ3v) is 6.79. The molecule has 24 heavy (non-hydrogen) atoms. The van der Waals surface area contributed by atoms with Crippen LogP contribution in [0.15, 0.2) is 0 Å². The van der Waals surface area contributed by atoms with Crippen LogP contribution in [0.25, 0.3) is 0 Å². The van der Waals surface area contributed by atoms with E-state index in [1.54, 1.807) is 0 Å². The van der Waals surface area contributed by atoms with Crippen LogP contribution < -0.4 is 0 Å². The second-order valence-corrected chi connectivity index (χ2v) is 8.32. The SMILES string of the molecule is CCC(C)(C(=O)OCC1(O)C2CC3CC1CC(O)(C3)C2)C(F)(F)F. The van der Waals surface area contributed by atoms with Crippen molar-refractivity contribution in [2.24, 2.45) is 23.2 Å². The molecule has 4 aliphatic rings. The topological polar surface area (TPSA) is 66.8 Å². The van der Waals surface area contributed by atoms with Crippen LogP contribution in [0.1, 0.15) is 52.4 Å². The fraction of sp³-hybridized carbons (Fsp3) is 0.941. The first-order chi connectivity index (χ1) is 10.9. The minimum absolute atomic E-state index is 0.222. The van der Waals surface area contributed by atoms with E-state index in [1.165, 1.54) is 6.92 Å². The lowest BCUT2D eigenvalue weighted by Gasteiger charge is -2.61. The van der Waals surface area contributed by atoms with Crippen molar-refractivity contribution in [2.45, 2.75) is 69.8 Å². The predicted molar refractivity (Wildman–Crippen MR) is 78.9 cm³/mol. The van der Waals surface area contributed by atoms with Gasteiger partial charge in [0.1, 0.15) is 12.2 Å². The quantitative estimate of drug-likeness (QED) is 0.765. The lowest BCUT2D eigenvalue weighted by atomic mass is 9.48. The highest BCUT2D eigenvalue weighted by Crippen LogP contribution is 2.60. The van der Waals surface area contributed by atoms with E-state index in [0.717, 1.165) is 26.2 Å². The van der Waals surface area contributed by atoms with Crippen LogP contribution in [0.5, 0.6) is 0 Å². The molecule has 4 nitrogen and oxygen atoms in total. The first-order valence-corrected chi connectivity index (χ1v) is 8.62. The van der Waals surface area contributed by atoms with E-state index in [9.17, 15) is 28.2 Å². The minimum atomic E-state index is -4.69. The molecule has 3 unspecified atom stereocenters. The second kappa shape index (κ2) is 5.34. The summed E-state index contributed by atoms with van der Waals surface area (Å²) in [5, 5.41) is 21.5. The van der Waals surface area contributed by atoms with Gasteiger partial charge in [-0.2, -0.15) is 13.2 Å². The smallest absolute Gasteiger partial charge is 0.404 e. The highest BCUT2D eigenvalue weighted by molar-refractivity contribution is 5.77. The first kappa shape index (κ1) is 18.0. The van der Waals surface area contributed by atoms with Crippen molar-refractivity contribution in [3.05, 3.63) is 0 Å². The molecule has 0 aliphatic heterocycles. The van der Waals surface area contributed by atoms with Gasteiger partial charge in [-0.25, -0.2) is 0 Å². The molecule has 2 N–H and O–H groups in total. The summed E-state index contributed by atoms with van der Waals surface area (Å²) in [5.41, 5.74) is -4.65. The molecule has 4 bridgehead atoms. The lowest BCUT2D eigenvalue weighted by molar-refractivity contribution is -0.254. The third kappa shape index (κ3) is 2.55. The molecule has 4 fully saturated rings. The average Bonchev–Trinajstić information content (AvgIpc) is 2.46. The van der Waals surface area contributed by atoms with Gasteiger partial charge in [0.25, 0.3) is 0 Å². The maximum Gasteiger partial charge on any atom is 0.404 e. The van der Waals surface area contributed by atoms with Crippen molar-refractivity contribution in [3.63, 3.8) is 0 Å². The van der Waals surface area contributed by atoms with Gasteiger partial charge in [-0.05, 0) is 63.2 Å². The van der Waals surface area contributed by atoms with Crippen LogP contribution in [0.2, 0.25) is 0 Å². The van der Waals surface area contributed by atoms with Gasteiger partial charge in [0.2, 0.25) is 0 Å². The van der Waals surface area contributed by atoms with Gasteiger partial charge in [0.15, 0.2) is 5.41 Å². The Kier molecular flexibility index (Phi) is 4.00. The molecule has 0 aromatic heterocycles. The number of rotatable bonds is 4. The van der Waals surface area contributed by atoms with E-state index in [1.807, 2.05) is 0 Å². The normalized spacial score (nSPS) is 43.5. The van der Waals surface area contributed by atoms with Gasteiger partial charge in [-0.15, -0.1) is 0 Å². The molecule has 0 aromatic rings. The van der Waals surface area contributed by atoms with Gasteiger partial charge < -0.3 is 14.9 Å². The van der Waals surface area contributed by atoms with Crippen molar-refractivity contribution >= 4 is 5.97 Å². The number of carbonyl (C=O) groups is 1. The van der Waals surface area contributed by atoms with Crippen LogP contribution in [0.4, 0.5) is 13.2 Å². The summed E-state index contributed by atoms with van der Waals surface area (Å²) in [4.78, 5) is 12.1. The van der Waals surface area contributed by atoms with Crippen molar-refractivity contribution in [1.29, 1.82) is 0 Å². The molecule has 0 radical (unpaired) electrons. The molecule has 3 atom stereocenters. The van der Waals surface area contributed by atoms with E-state index >= 15 is 0 Å². The summed E-state index contributed by atoms with van der Waals surface area (Å²) in [5.74, 6) is -1.43. The fourth-order valence-corrected chi connectivity index (χ4v) is 5.07. The van der Waals surface area contributed by atoms with Crippen LogP contribution >= 0.6 is 0 Å². The van der Waals surface area contributed by atoms with Gasteiger partial charge in [-0.1, -0.05) is 6.92 Å². The molecular formula is C17H25F3O4. The Balaban J connectivity index is 1.72.